The normalized spacial score (nSPS) is 14.8. The lowest BCUT2D eigenvalue weighted by atomic mass is 10.3. The quantitative estimate of drug-likeness (QED) is 0.883. The number of nitrogens with zero attached hydrogens (tertiary/aromatic N) is 4. The monoisotopic (exact) mass is 343 g/mol. The van der Waals surface area contributed by atoms with E-state index in [1.165, 1.54) is 6.07 Å². The number of aryl methyl sites for hydroxylation is 1. The number of hydrogen-bond donors (Lipinski definition) is 1. The number of hydrogen-bond acceptors (Lipinski definition) is 4. The van der Waals surface area contributed by atoms with Gasteiger partial charge in [0.05, 0.1) is 18.8 Å². The van der Waals surface area contributed by atoms with Gasteiger partial charge in [-0.05, 0) is 31.5 Å². The number of fused-ring (bicyclic) bond motifs is 1. The van der Waals surface area contributed by atoms with E-state index in [9.17, 15) is 9.59 Å². The maximum Gasteiger partial charge on any atom is 0.268 e. The molecule has 0 aromatic carbocycles. The molecule has 2 aromatic rings. The molecule has 3 rings (SSSR count). The second kappa shape index (κ2) is 7.65. The molecule has 0 bridgehead atoms. The number of carbonyl (C=O) groups excluding carboxylic acids is 1. The number of nitrogens with one attached hydrogen (secondary N) is 1. The van der Waals surface area contributed by atoms with Crippen molar-refractivity contribution in [1.29, 1.82) is 0 Å². The zero-order chi connectivity index (χ0) is 17.8. The van der Waals surface area contributed by atoms with Gasteiger partial charge in [-0.15, -0.1) is 0 Å². The smallest absolute Gasteiger partial charge is 0.268 e. The number of rotatable bonds is 5. The summed E-state index contributed by atoms with van der Waals surface area (Å²) in [5.74, 6) is 0.624. The standard InChI is InChI=1S/C18H25N5O2/c1-3-7-22-9-5-10-23-16(13-22)20-14(11-17(23)24)12-19-18(25)15-6-4-8-21(15)2/h4,6,8,11H,3,5,7,9-10,12-13H2,1-2H3,(H,19,25). The molecule has 0 radical (unpaired) electrons. The minimum atomic E-state index is -0.169. The van der Waals surface area contributed by atoms with E-state index in [-0.39, 0.29) is 18.0 Å². The van der Waals surface area contributed by atoms with Gasteiger partial charge in [-0.2, -0.15) is 0 Å². The molecule has 1 aliphatic heterocycles. The van der Waals surface area contributed by atoms with Crippen LogP contribution in [0.15, 0.2) is 29.2 Å². The first kappa shape index (κ1) is 17.4. The second-order valence-corrected chi connectivity index (χ2v) is 6.47. The Kier molecular flexibility index (Phi) is 5.33. The summed E-state index contributed by atoms with van der Waals surface area (Å²) in [6.07, 6.45) is 3.86. The van der Waals surface area contributed by atoms with E-state index >= 15 is 0 Å². The topological polar surface area (TPSA) is 72.2 Å². The fourth-order valence-electron chi connectivity index (χ4n) is 3.25. The van der Waals surface area contributed by atoms with Crippen molar-refractivity contribution in [1.82, 2.24) is 24.3 Å². The van der Waals surface area contributed by atoms with Gasteiger partial charge in [0, 0.05) is 32.4 Å². The second-order valence-electron chi connectivity index (χ2n) is 6.47. The highest BCUT2D eigenvalue weighted by molar-refractivity contribution is 5.92. The van der Waals surface area contributed by atoms with Gasteiger partial charge < -0.3 is 9.88 Å². The predicted octanol–water partition coefficient (Wildman–Crippen LogP) is 1.13. The average molecular weight is 343 g/mol. The first-order valence-electron chi connectivity index (χ1n) is 8.80. The largest absolute Gasteiger partial charge is 0.347 e. The molecule has 0 unspecified atom stereocenters. The van der Waals surface area contributed by atoms with Crippen LogP contribution in [-0.2, 0) is 26.7 Å². The SMILES string of the molecule is CCCN1CCCn2c(nc(CNC(=O)c3cccn3C)cc2=O)C1. The minimum absolute atomic E-state index is 0.0357. The van der Waals surface area contributed by atoms with Gasteiger partial charge in [0.15, 0.2) is 0 Å². The molecule has 0 saturated heterocycles. The Labute approximate surface area is 147 Å². The maximum atomic E-state index is 12.4. The van der Waals surface area contributed by atoms with Crippen LogP contribution < -0.4 is 10.9 Å². The minimum Gasteiger partial charge on any atom is -0.347 e. The lowest BCUT2D eigenvalue weighted by molar-refractivity contribution is 0.0942. The molecule has 3 heterocycles. The first-order chi connectivity index (χ1) is 12.1. The Morgan fingerprint density at radius 3 is 2.92 bits per heavy atom. The summed E-state index contributed by atoms with van der Waals surface area (Å²) in [4.78, 5) is 31.6. The molecular formula is C18H25N5O2. The van der Waals surface area contributed by atoms with Crippen molar-refractivity contribution in [2.24, 2.45) is 7.05 Å². The van der Waals surface area contributed by atoms with Crippen LogP contribution in [0.3, 0.4) is 0 Å². The summed E-state index contributed by atoms with van der Waals surface area (Å²) in [6.45, 7) is 5.78. The van der Waals surface area contributed by atoms with E-state index in [4.69, 9.17) is 0 Å². The Morgan fingerprint density at radius 2 is 2.20 bits per heavy atom. The molecule has 0 spiro atoms. The van der Waals surface area contributed by atoms with Crippen LogP contribution in [0.5, 0.6) is 0 Å². The summed E-state index contributed by atoms with van der Waals surface area (Å²) in [5, 5.41) is 2.84. The van der Waals surface area contributed by atoms with E-state index in [2.05, 4.69) is 22.1 Å². The first-order valence-corrected chi connectivity index (χ1v) is 8.80. The van der Waals surface area contributed by atoms with E-state index < -0.39 is 0 Å². The number of aromatic nitrogens is 3. The van der Waals surface area contributed by atoms with Gasteiger partial charge in [0.1, 0.15) is 11.5 Å². The molecule has 7 nitrogen and oxygen atoms in total. The summed E-state index contributed by atoms with van der Waals surface area (Å²) >= 11 is 0. The molecule has 25 heavy (non-hydrogen) atoms. The molecule has 2 aromatic heterocycles. The van der Waals surface area contributed by atoms with E-state index in [0.717, 1.165) is 31.8 Å². The summed E-state index contributed by atoms with van der Waals surface area (Å²) in [5.41, 5.74) is 1.16. The maximum absolute atomic E-state index is 12.4. The fraction of sp³-hybridized carbons (Fsp3) is 0.500. The zero-order valence-electron chi connectivity index (χ0n) is 14.9. The summed E-state index contributed by atoms with van der Waals surface area (Å²) in [7, 11) is 1.82. The van der Waals surface area contributed by atoms with Gasteiger partial charge in [-0.3, -0.25) is 19.1 Å². The molecule has 1 aliphatic rings. The number of carbonyl (C=O) groups is 1. The lowest BCUT2D eigenvalue weighted by Gasteiger charge is -2.18. The van der Waals surface area contributed by atoms with Crippen LogP contribution in [0.25, 0.3) is 0 Å². The van der Waals surface area contributed by atoms with Crippen LogP contribution in [0.2, 0.25) is 0 Å². The lowest BCUT2D eigenvalue weighted by Crippen LogP contribution is -2.30. The summed E-state index contributed by atoms with van der Waals surface area (Å²) < 4.78 is 3.52. The van der Waals surface area contributed by atoms with Crippen LogP contribution in [0.4, 0.5) is 0 Å². The van der Waals surface area contributed by atoms with Crippen molar-refractivity contribution in [2.75, 3.05) is 13.1 Å². The van der Waals surface area contributed by atoms with Gasteiger partial charge in [-0.25, -0.2) is 4.98 Å². The van der Waals surface area contributed by atoms with Crippen molar-refractivity contribution in [2.45, 2.75) is 39.4 Å². The van der Waals surface area contributed by atoms with Crippen LogP contribution in [-0.4, -0.2) is 38.0 Å². The Hall–Kier alpha value is -2.41. The third-order valence-corrected chi connectivity index (χ3v) is 4.51. The molecule has 0 atom stereocenters. The highest BCUT2D eigenvalue weighted by atomic mass is 16.2. The molecule has 0 saturated carbocycles. The third kappa shape index (κ3) is 3.99. The summed E-state index contributed by atoms with van der Waals surface area (Å²) in [6, 6.07) is 5.12. The third-order valence-electron chi connectivity index (χ3n) is 4.51. The Balaban J connectivity index is 1.75. The molecule has 0 fully saturated rings. The Morgan fingerprint density at radius 1 is 1.36 bits per heavy atom. The molecule has 134 valence electrons. The van der Waals surface area contributed by atoms with Gasteiger partial charge >= 0.3 is 0 Å². The van der Waals surface area contributed by atoms with Gasteiger partial charge in [0.2, 0.25) is 0 Å². The van der Waals surface area contributed by atoms with Crippen molar-refractivity contribution in [3.05, 3.63) is 52.0 Å². The van der Waals surface area contributed by atoms with E-state index in [1.807, 2.05) is 19.3 Å². The van der Waals surface area contributed by atoms with Crippen LogP contribution >= 0.6 is 0 Å². The van der Waals surface area contributed by atoms with Crippen molar-refractivity contribution in [3.8, 4) is 0 Å². The van der Waals surface area contributed by atoms with Crippen LogP contribution in [0, 0.1) is 0 Å². The molecular weight excluding hydrogens is 318 g/mol. The van der Waals surface area contributed by atoms with Crippen molar-refractivity contribution >= 4 is 5.91 Å². The van der Waals surface area contributed by atoms with Crippen LogP contribution in [0.1, 0.15) is 41.8 Å². The number of amides is 1. The van der Waals surface area contributed by atoms with Gasteiger partial charge in [-0.1, -0.05) is 6.92 Å². The molecule has 0 aliphatic carbocycles. The predicted molar refractivity (Wildman–Crippen MR) is 95.3 cm³/mol. The van der Waals surface area contributed by atoms with Gasteiger partial charge in [0.25, 0.3) is 11.5 Å². The van der Waals surface area contributed by atoms with E-state index in [0.29, 0.717) is 24.5 Å². The van der Waals surface area contributed by atoms with Crippen molar-refractivity contribution in [3.63, 3.8) is 0 Å². The fourth-order valence-corrected chi connectivity index (χ4v) is 3.25. The van der Waals surface area contributed by atoms with E-state index in [1.54, 1.807) is 15.2 Å². The molecule has 1 N–H and O–H groups in total. The molecule has 7 heteroatoms. The highest BCUT2D eigenvalue weighted by Gasteiger charge is 2.17. The zero-order valence-corrected chi connectivity index (χ0v) is 14.9. The Bertz CT molecular complexity index is 808. The van der Waals surface area contributed by atoms with Crippen molar-refractivity contribution < 1.29 is 4.79 Å². The molecule has 1 amide bonds. The average Bonchev–Trinajstić information content (AvgIpc) is 2.90. The highest BCUT2D eigenvalue weighted by Crippen LogP contribution is 2.10.